The van der Waals surface area contributed by atoms with Crippen molar-refractivity contribution < 1.29 is 19.1 Å². The lowest BCUT2D eigenvalue weighted by atomic mass is 10.0. The summed E-state index contributed by atoms with van der Waals surface area (Å²) in [5, 5.41) is 1.53. The van der Waals surface area contributed by atoms with E-state index >= 15 is 0 Å². The number of aryl methyl sites for hydroxylation is 1. The molecule has 0 aliphatic carbocycles. The third-order valence-electron chi connectivity index (χ3n) is 3.39. The molecule has 0 unspecified atom stereocenters. The third-order valence-corrected chi connectivity index (χ3v) is 4.69. The lowest BCUT2D eigenvalue weighted by Crippen LogP contribution is -2.03. The molecule has 0 spiro atoms. The molecule has 5 nitrogen and oxygen atoms in total. The van der Waals surface area contributed by atoms with Crippen molar-refractivity contribution in [3.63, 3.8) is 0 Å². The van der Waals surface area contributed by atoms with E-state index in [-0.39, 0.29) is 5.97 Å². The van der Waals surface area contributed by atoms with Gasteiger partial charge in [0, 0.05) is 22.0 Å². The summed E-state index contributed by atoms with van der Waals surface area (Å²) >= 11 is 8.30. The molecule has 2 rings (SSSR count). The maximum Gasteiger partial charge on any atom is 0.355 e. The normalized spacial score (nSPS) is 11.2. The summed E-state index contributed by atoms with van der Waals surface area (Å²) < 4.78 is 10.4. The molecule has 1 heterocycles. The zero-order valence-corrected chi connectivity index (χ0v) is 16.2. The van der Waals surface area contributed by atoms with Crippen molar-refractivity contribution in [3.05, 3.63) is 44.1 Å². The number of H-pyrrole nitrogens is 1. The molecule has 2 aromatic rings. The monoisotopic (exact) mass is 461 g/mol. The molecule has 7 heteroatoms. The van der Waals surface area contributed by atoms with Crippen LogP contribution in [-0.4, -0.2) is 30.6 Å². The molecule has 0 aliphatic heterocycles. The number of aromatic amines is 1. The first-order valence-electron chi connectivity index (χ1n) is 7.39. The number of fused-ring (bicyclic) bond motifs is 1. The molecule has 128 valence electrons. The van der Waals surface area contributed by atoms with Gasteiger partial charge in [0.25, 0.3) is 0 Å². The van der Waals surface area contributed by atoms with Crippen LogP contribution in [-0.2, 0) is 20.7 Å². The minimum absolute atomic E-state index is 0.349. The predicted molar refractivity (Wildman–Crippen MR) is 101 cm³/mol. The van der Waals surface area contributed by atoms with Gasteiger partial charge in [-0.25, -0.2) is 9.59 Å². The van der Waals surface area contributed by atoms with E-state index in [0.29, 0.717) is 30.2 Å². The standard InChI is InChI=1S/C17H17ClINO4/c1-3-24-13(21)7-5-4-6-10-8-11(18)9-12-14(10)15(19)16(20-12)17(22)23-2/h5,7-9,20H,3-4,6H2,1-2H3/b7-5+. The van der Waals surface area contributed by atoms with E-state index in [1.807, 2.05) is 6.07 Å². The number of aromatic nitrogens is 1. The van der Waals surface area contributed by atoms with Crippen molar-refractivity contribution in [2.75, 3.05) is 13.7 Å². The molecule has 0 saturated carbocycles. The number of ether oxygens (including phenoxy) is 2. The predicted octanol–water partition coefficient (Wildman–Crippen LogP) is 4.26. The van der Waals surface area contributed by atoms with Crippen LogP contribution in [0.3, 0.4) is 0 Å². The zero-order chi connectivity index (χ0) is 17.7. The van der Waals surface area contributed by atoms with E-state index in [2.05, 4.69) is 27.6 Å². The van der Waals surface area contributed by atoms with Gasteiger partial charge in [0.05, 0.1) is 17.3 Å². The molecular weight excluding hydrogens is 445 g/mol. The minimum atomic E-state index is -0.417. The maximum atomic E-state index is 11.8. The number of methoxy groups -OCH3 is 1. The van der Waals surface area contributed by atoms with Crippen LogP contribution >= 0.6 is 34.2 Å². The molecular formula is C17H17ClINO4. The van der Waals surface area contributed by atoms with Gasteiger partial charge in [0.15, 0.2) is 0 Å². The molecule has 0 bridgehead atoms. The van der Waals surface area contributed by atoms with Crippen molar-refractivity contribution >= 4 is 57.0 Å². The molecule has 0 radical (unpaired) electrons. The Morgan fingerprint density at radius 1 is 1.38 bits per heavy atom. The van der Waals surface area contributed by atoms with Gasteiger partial charge < -0.3 is 14.5 Å². The summed E-state index contributed by atoms with van der Waals surface area (Å²) in [4.78, 5) is 26.2. The number of esters is 2. The fraction of sp³-hybridized carbons (Fsp3) is 0.294. The first-order chi connectivity index (χ1) is 11.5. The van der Waals surface area contributed by atoms with Crippen LogP contribution in [0.2, 0.25) is 5.02 Å². The number of hydrogen-bond acceptors (Lipinski definition) is 4. The Labute approximate surface area is 158 Å². The lowest BCUT2D eigenvalue weighted by molar-refractivity contribution is -0.137. The summed E-state index contributed by atoms with van der Waals surface area (Å²) in [6, 6.07) is 3.66. The summed E-state index contributed by atoms with van der Waals surface area (Å²) in [6.07, 6.45) is 4.53. The number of rotatable bonds is 6. The highest BCUT2D eigenvalue weighted by molar-refractivity contribution is 14.1. The van der Waals surface area contributed by atoms with Gasteiger partial charge in [-0.05, 0) is 60.1 Å². The summed E-state index contributed by atoms with van der Waals surface area (Å²) in [7, 11) is 1.35. The molecule has 24 heavy (non-hydrogen) atoms. The van der Waals surface area contributed by atoms with Gasteiger partial charge in [0.1, 0.15) is 5.69 Å². The molecule has 0 saturated heterocycles. The number of carbonyl (C=O) groups is 2. The summed E-state index contributed by atoms with van der Waals surface area (Å²) in [5.41, 5.74) is 2.21. The largest absolute Gasteiger partial charge is 0.464 e. The van der Waals surface area contributed by atoms with Gasteiger partial charge in [-0.15, -0.1) is 0 Å². The molecule has 0 amide bonds. The van der Waals surface area contributed by atoms with Crippen molar-refractivity contribution in [1.82, 2.24) is 4.98 Å². The Hall–Kier alpha value is -1.54. The molecule has 0 fully saturated rings. The highest BCUT2D eigenvalue weighted by Gasteiger charge is 2.19. The maximum absolute atomic E-state index is 11.8. The number of nitrogens with one attached hydrogen (secondary N) is 1. The number of allylic oxidation sites excluding steroid dienone is 1. The summed E-state index contributed by atoms with van der Waals surface area (Å²) in [6.45, 7) is 2.12. The van der Waals surface area contributed by atoms with Crippen LogP contribution in [0.5, 0.6) is 0 Å². The number of benzene rings is 1. The van der Waals surface area contributed by atoms with Crippen LogP contribution in [0.1, 0.15) is 29.4 Å². The molecule has 0 atom stereocenters. The fourth-order valence-electron chi connectivity index (χ4n) is 2.38. The third kappa shape index (κ3) is 4.30. The fourth-order valence-corrected chi connectivity index (χ4v) is 3.62. The van der Waals surface area contributed by atoms with E-state index in [0.717, 1.165) is 20.0 Å². The van der Waals surface area contributed by atoms with Gasteiger partial charge in [-0.2, -0.15) is 0 Å². The second kappa shape index (κ2) is 8.53. The van der Waals surface area contributed by atoms with Crippen LogP contribution < -0.4 is 0 Å². The van der Waals surface area contributed by atoms with Crippen LogP contribution in [0.25, 0.3) is 10.9 Å². The molecule has 1 N–H and O–H groups in total. The van der Waals surface area contributed by atoms with Gasteiger partial charge >= 0.3 is 11.9 Å². The van der Waals surface area contributed by atoms with Crippen molar-refractivity contribution in [1.29, 1.82) is 0 Å². The highest BCUT2D eigenvalue weighted by Crippen LogP contribution is 2.31. The topological polar surface area (TPSA) is 68.4 Å². The Morgan fingerprint density at radius 2 is 2.12 bits per heavy atom. The van der Waals surface area contributed by atoms with Gasteiger partial charge in [0.2, 0.25) is 0 Å². The Morgan fingerprint density at radius 3 is 2.79 bits per heavy atom. The summed E-state index contributed by atoms with van der Waals surface area (Å²) in [5.74, 6) is -0.766. The average Bonchev–Trinajstić information content (AvgIpc) is 2.87. The van der Waals surface area contributed by atoms with Crippen molar-refractivity contribution in [2.24, 2.45) is 0 Å². The van der Waals surface area contributed by atoms with E-state index in [4.69, 9.17) is 21.1 Å². The van der Waals surface area contributed by atoms with Crippen LogP contribution in [0.15, 0.2) is 24.3 Å². The number of halogens is 2. The Bertz CT molecular complexity index is 797. The SMILES string of the molecule is CCOC(=O)/C=C/CCc1cc(Cl)cc2[nH]c(C(=O)OC)c(I)c12. The van der Waals surface area contributed by atoms with Gasteiger partial charge in [-0.3, -0.25) is 0 Å². The highest BCUT2D eigenvalue weighted by atomic mass is 127. The molecule has 1 aromatic heterocycles. The van der Waals surface area contributed by atoms with E-state index in [1.54, 1.807) is 19.1 Å². The average molecular weight is 462 g/mol. The smallest absolute Gasteiger partial charge is 0.355 e. The van der Waals surface area contributed by atoms with Gasteiger partial charge in [-0.1, -0.05) is 17.7 Å². The number of hydrogen-bond donors (Lipinski definition) is 1. The first kappa shape index (κ1) is 18.8. The van der Waals surface area contributed by atoms with E-state index in [9.17, 15) is 9.59 Å². The molecule has 0 aliphatic rings. The van der Waals surface area contributed by atoms with Crippen molar-refractivity contribution in [3.8, 4) is 0 Å². The second-order valence-corrected chi connectivity index (χ2v) is 6.50. The quantitative estimate of drug-likeness (QED) is 0.396. The second-order valence-electron chi connectivity index (χ2n) is 4.99. The Kier molecular flexibility index (Phi) is 6.68. The van der Waals surface area contributed by atoms with Crippen LogP contribution in [0.4, 0.5) is 0 Å². The van der Waals surface area contributed by atoms with Crippen LogP contribution in [0, 0.1) is 3.57 Å². The van der Waals surface area contributed by atoms with Crippen molar-refractivity contribution in [2.45, 2.75) is 19.8 Å². The molecule has 1 aromatic carbocycles. The zero-order valence-electron chi connectivity index (χ0n) is 13.3. The van der Waals surface area contributed by atoms with E-state index < -0.39 is 5.97 Å². The lowest BCUT2D eigenvalue weighted by Gasteiger charge is -2.04. The Balaban J connectivity index is 2.28. The number of carbonyl (C=O) groups excluding carboxylic acids is 2. The van der Waals surface area contributed by atoms with E-state index in [1.165, 1.54) is 13.2 Å². The first-order valence-corrected chi connectivity index (χ1v) is 8.84. The minimum Gasteiger partial charge on any atom is -0.464 e.